The highest BCUT2D eigenvalue weighted by atomic mass is 32.2. The van der Waals surface area contributed by atoms with Gasteiger partial charge in [0.2, 0.25) is 0 Å². The Kier molecular flexibility index (Phi) is 6.89. The maximum Gasteiger partial charge on any atom is 0.270 e. The molecule has 1 N–H and O–H groups in total. The van der Waals surface area contributed by atoms with Crippen LogP contribution in [-0.2, 0) is 4.79 Å². The zero-order valence-electron chi connectivity index (χ0n) is 19.7. The quantitative estimate of drug-likeness (QED) is 0.314. The van der Waals surface area contributed by atoms with Gasteiger partial charge >= 0.3 is 0 Å². The number of anilines is 3. The van der Waals surface area contributed by atoms with Gasteiger partial charge in [0.15, 0.2) is 4.32 Å². The summed E-state index contributed by atoms with van der Waals surface area (Å²) >= 11 is 6.78. The van der Waals surface area contributed by atoms with Crippen LogP contribution in [0.4, 0.5) is 21.5 Å². The molecule has 2 fully saturated rings. The van der Waals surface area contributed by atoms with E-state index in [0.29, 0.717) is 26.2 Å². The van der Waals surface area contributed by atoms with Crippen molar-refractivity contribution in [3.05, 3.63) is 94.1 Å². The van der Waals surface area contributed by atoms with Crippen LogP contribution in [0.15, 0.2) is 71.6 Å². The molecule has 5 rings (SSSR count). The molecule has 0 spiro atoms. The van der Waals surface area contributed by atoms with Crippen LogP contribution in [0.2, 0.25) is 0 Å². The highest BCUT2D eigenvalue weighted by Crippen LogP contribution is 2.37. The third-order valence-corrected chi connectivity index (χ3v) is 7.58. The zero-order valence-corrected chi connectivity index (χ0v) is 21.3. The van der Waals surface area contributed by atoms with Crippen LogP contribution in [0, 0.1) is 12.7 Å². The number of halogens is 1. The molecule has 0 bridgehead atoms. The van der Waals surface area contributed by atoms with E-state index in [2.05, 4.69) is 35.3 Å². The van der Waals surface area contributed by atoms with Gasteiger partial charge in [-0.1, -0.05) is 36.1 Å². The number of carbonyl (C=O) groups is 2. The second kappa shape index (κ2) is 10.2. The van der Waals surface area contributed by atoms with Crippen LogP contribution in [-0.4, -0.2) is 29.2 Å². The molecule has 5 nitrogen and oxygen atoms in total. The molecule has 0 saturated carbocycles. The van der Waals surface area contributed by atoms with Crippen molar-refractivity contribution in [2.24, 2.45) is 0 Å². The van der Waals surface area contributed by atoms with Crippen molar-refractivity contribution in [1.82, 2.24) is 0 Å². The Morgan fingerprint density at radius 3 is 2.50 bits per heavy atom. The van der Waals surface area contributed by atoms with Gasteiger partial charge in [-0.2, -0.15) is 0 Å². The molecule has 2 aliphatic heterocycles. The van der Waals surface area contributed by atoms with Crippen LogP contribution in [0.5, 0.6) is 0 Å². The lowest BCUT2D eigenvalue weighted by molar-refractivity contribution is -0.113. The third kappa shape index (κ3) is 5.05. The summed E-state index contributed by atoms with van der Waals surface area (Å²) in [6.07, 6.45) is 4.32. The third-order valence-electron chi connectivity index (χ3n) is 6.27. The normalized spacial score (nSPS) is 16.8. The number of benzene rings is 3. The fraction of sp³-hybridized carbons (Fsp3) is 0.179. The number of hydrogen-bond acceptors (Lipinski definition) is 5. The van der Waals surface area contributed by atoms with E-state index in [1.807, 2.05) is 6.08 Å². The molecular formula is C28H24FN3O2S2. The molecule has 8 heteroatoms. The van der Waals surface area contributed by atoms with E-state index >= 15 is 0 Å². The summed E-state index contributed by atoms with van der Waals surface area (Å²) in [5, 5.41) is 2.74. The number of carbonyl (C=O) groups excluding carboxylic acids is 2. The van der Waals surface area contributed by atoms with Gasteiger partial charge in [0.05, 0.1) is 10.6 Å². The van der Waals surface area contributed by atoms with E-state index in [9.17, 15) is 14.0 Å². The number of rotatable bonds is 5. The molecule has 3 aromatic carbocycles. The van der Waals surface area contributed by atoms with E-state index in [4.69, 9.17) is 12.2 Å². The first kappa shape index (κ1) is 24.2. The highest BCUT2D eigenvalue weighted by molar-refractivity contribution is 8.27. The lowest BCUT2D eigenvalue weighted by Crippen LogP contribution is -2.27. The van der Waals surface area contributed by atoms with E-state index in [0.717, 1.165) is 24.2 Å². The van der Waals surface area contributed by atoms with Crippen molar-refractivity contribution in [1.29, 1.82) is 0 Å². The summed E-state index contributed by atoms with van der Waals surface area (Å²) in [6.45, 7) is 4.21. The maximum absolute atomic E-state index is 13.3. The summed E-state index contributed by atoms with van der Waals surface area (Å²) in [5.41, 5.74) is 4.66. The van der Waals surface area contributed by atoms with Gasteiger partial charge < -0.3 is 10.2 Å². The Balaban J connectivity index is 1.35. The number of amides is 2. The Bertz CT molecular complexity index is 1380. The average Bonchev–Trinajstić information content (AvgIpc) is 3.50. The average molecular weight is 518 g/mol. The minimum atomic E-state index is -0.379. The van der Waals surface area contributed by atoms with Gasteiger partial charge in [-0.05, 0) is 91.6 Å². The van der Waals surface area contributed by atoms with Crippen molar-refractivity contribution in [2.75, 3.05) is 28.2 Å². The van der Waals surface area contributed by atoms with Crippen LogP contribution in [0.1, 0.15) is 34.3 Å². The number of nitrogens with zero attached hydrogens (tertiary/aromatic N) is 2. The van der Waals surface area contributed by atoms with Crippen LogP contribution in [0.25, 0.3) is 6.08 Å². The van der Waals surface area contributed by atoms with Crippen molar-refractivity contribution in [2.45, 2.75) is 19.8 Å². The predicted octanol–water partition coefficient (Wildman–Crippen LogP) is 6.39. The smallest absolute Gasteiger partial charge is 0.270 e. The Hall–Kier alpha value is -3.49. The Labute approximate surface area is 219 Å². The number of hydrogen-bond donors (Lipinski definition) is 1. The molecule has 0 radical (unpaired) electrons. The fourth-order valence-electron chi connectivity index (χ4n) is 4.35. The van der Waals surface area contributed by atoms with Crippen LogP contribution < -0.4 is 15.1 Å². The first-order valence-corrected chi connectivity index (χ1v) is 12.9. The predicted molar refractivity (Wildman–Crippen MR) is 149 cm³/mol. The van der Waals surface area contributed by atoms with E-state index in [1.54, 1.807) is 24.3 Å². The van der Waals surface area contributed by atoms with E-state index < -0.39 is 0 Å². The number of nitrogens with one attached hydrogen (secondary N) is 1. The van der Waals surface area contributed by atoms with Crippen molar-refractivity contribution in [3.8, 4) is 0 Å². The fourth-order valence-corrected chi connectivity index (χ4v) is 5.64. The minimum Gasteiger partial charge on any atom is -0.372 e. The Morgan fingerprint density at radius 2 is 1.78 bits per heavy atom. The zero-order chi connectivity index (χ0) is 25.2. The summed E-state index contributed by atoms with van der Waals surface area (Å²) in [4.78, 5) is 30.4. The standard InChI is InChI=1S/C28H24FN3O2S2/c1-18-15-23(31-13-2-3-14-31)12-7-19(18)17-25-27(34)32(28(35)36-25)24-6-4-5-20(16-24)26(33)30-22-10-8-21(29)9-11-22/h4-12,15-17H,2-3,13-14H2,1H3,(H,30,33)/b25-17+. The van der Waals surface area contributed by atoms with E-state index in [-0.39, 0.29) is 17.6 Å². The minimum absolute atomic E-state index is 0.218. The Morgan fingerprint density at radius 1 is 1.03 bits per heavy atom. The number of thiocarbonyl (C=S) groups is 1. The summed E-state index contributed by atoms with van der Waals surface area (Å²) < 4.78 is 13.6. The van der Waals surface area contributed by atoms with Gasteiger partial charge in [-0.15, -0.1) is 0 Å². The SMILES string of the molecule is Cc1cc(N2CCCC2)ccc1/C=C1/SC(=S)N(c2cccc(C(=O)Nc3ccc(F)cc3)c2)C1=O. The van der Waals surface area contributed by atoms with Gasteiger partial charge in [0.1, 0.15) is 5.82 Å². The molecule has 2 amide bonds. The second-order valence-corrected chi connectivity index (χ2v) is 10.4. The van der Waals surface area contributed by atoms with Crippen LogP contribution >= 0.6 is 24.0 Å². The molecule has 2 heterocycles. The van der Waals surface area contributed by atoms with Gasteiger partial charge in [-0.25, -0.2) is 4.39 Å². The summed E-state index contributed by atoms with van der Waals surface area (Å²) in [5.74, 6) is -0.961. The molecule has 0 aliphatic carbocycles. The molecule has 36 heavy (non-hydrogen) atoms. The van der Waals surface area contributed by atoms with Crippen molar-refractivity contribution in [3.63, 3.8) is 0 Å². The first-order valence-electron chi connectivity index (χ1n) is 11.7. The monoisotopic (exact) mass is 517 g/mol. The lowest BCUT2D eigenvalue weighted by atomic mass is 10.1. The van der Waals surface area contributed by atoms with Gasteiger partial charge in [-0.3, -0.25) is 14.5 Å². The van der Waals surface area contributed by atoms with E-state index in [1.165, 1.54) is 59.5 Å². The number of thioether (sulfide) groups is 1. The van der Waals surface area contributed by atoms with Crippen LogP contribution in [0.3, 0.4) is 0 Å². The molecule has 182 valence electrons. The molecule has 0 aromatic heterocycles. The van der Waals surface area contributed by atoms with Gasteiger partial charge in [0.25, 0.3) is 11.8 Å². The summed E-state index contributed by atoms with van der Waals surface area (Å²) in [7, 11) is 0. The molecule has 0 atom stereocenters. The molecule has 3 aromatic rings. The second-order valence-electron chi connectivity index (χ2n) is 8.76. The van der Waals surface area contributed by atoms with Crippen molar-refractivity contribution < 1.29 is 14.0 Å². The highest BCUT2D eigenvalue weighted by Gasteiger charge is 2.33. The maximum atomic E-state index is 13.3. The molecule has 2 aliphatic rings. The van der Waals surface area contributed by atoms with Gasteiger partial charge in [0, 0.05) is 30.0 Å². The molecule has 2 saturated heterocycles. The largest absolute Gasteiger partial charge is 0.372 e. The summed E-state index contributed by atoms with van der Waals surface area (Å²) in [6, 6.07) is 18.6. The topological polar surface area (TPSA) is 52.6 Å². The van der Waals surface area contributed by atoms with Crippen molar-refractivity contribution >= 4 is 63.3 Å². The first-order chi connectivity index (χ1) is 17.4. The lowest BCUT2D eigenvalue weighted by Gasteiger charge is -2.18. The molecule has 0 unspecified atom stereocenters. The molecular weight excluding hydrogens is 493 g/mol. The number of aryl methyl sites for hydroxylation is 1.